The Morgan fingerprint density at radius 2 is 2.04 bits per heavy atom. The summed E-state index contributed by atoms with van der Waals surface area (Å²) in [6.45, 7) is 5.99. The Kier molecular flexibility index (Phi) is 5.40. The molecule has 7 heteroatoms. The summed E-state index contributed by atoms with van der Waals surface area (Å²) in [5, 5.41) is 7.10. The van der Waals surface area contributed by atoms with Crippen LogP contribution in [-0.2, 0) is 15.9 Å². The third-order valence-electron chi connectivity index (χ3n) is 5.16. The Morgan fingerprint density at radius 3 is 2.81 bits per heavy atom. The fourth-order valence-electron chi connectivity index (χ4n) is 3.72. The third-order valence-corrected chi connectivity index (χ3v) is 5.16. The maximum Gasteiger partial charge on any atom is 0.253 e. The number of hydrogen-bond donors (Lipinski definition) is 1. The van der Waals surface area contributed by atoms with E-state index in [9.17, 15) is 4.79 Å². The average molecular weight is 371 g/mol. The zero-order valence-electron chi connectivity index (χ0n) is 15.5. The number of carbonyl (C=O) groups is 1. The molecule has 2 fully saturated rings. The SMILES string of the molecule is Cc1cc(C[C@@H]2COC[C@@H]2NC(=O)c2ccccc2N2CCOCC2)on1. The Balaban J connectivity index is 1.45. The van der Waals surface area contributed by atoms with Crippen molar-refractivity contribution in [3.05, 3.63) is 47.3 Å². The highest BCUT2D eigenvalue weighted by molar-refractivity contribution is 6.00. The van der Waals surface area contributed by atoms with Crippen molar-refractivity contribution in [1.82, 2.24) is 10.5 Å². The Labute approximate surface area is 158 Å². The third kappa shape index (κ3) is 4.14. The summed E-state index contributed by atoms with van der Waals surface area (Å²) in [6.07, 6.45) is 0.705. The second-order valence-electron chi connectivity index (χ2n) is 7.13. The van der Waals surface area contributed by atoms with Crippen LogP contribution >= 0.6 is 0 Å². The molecule has 0 spiro atoms. The van der Waals surface area contributed by atoms with E-state index in [1.165, 1.54) is 0 Å². The predicted octanol–water partition coefficient (Wildman–Crippen LogP) is 1.81. The quantitative estimate of drug-likeness (QED) is 0.864. The first-order chi connectivity index (χ1) is 13.2. The van der Waals surface area contributed by atoms with E-state index in [1.807, 2.05) is 37.3 Å². The molecular formula is C20H25N3O4. The molecule has 2 saturated heterocycles. The highest BCUT2D eigenvalue weighted by atomic mass is 16.5. The molecule has 1 aromatic carbocycles. The zero-order chi connectivity index (χ0) is 18.6. The molecule has 2 atom stereocenters. The summed E-state index contributed by atoms with van der Waals surface area (Å²) in [5.41, 5.74) is 2.52. The fourth-order valence-corrected chi connectivity index (χ4v) is 3.72. The number of amides is 1. The van der Waals surface area contributed by atoms with Crippen LogP contribution in [0.3, 0.4) is 0 Å². The zero-order valence-corrected chi connectivity index (χ0v) is 15.5. The van der Waals surface area contributed by atoms with Gasteiger partial charge in [0.1, 0.15) is 5.76 Å². The van der Waals surface area contributed by atoms with Crippen LogP contribution in [-0.4, -0.2) is 56.6 Å². The van der Waals surface area contributed by atoms with Crippen LogP contribution in [0.15, 0.2) is 34.9 Å². The molecule has 4 rings (SSSR count). The molecule has 2 aromatic rings. The molecule has 2 aliphatic heterocycles. The summed E-state index contributed by atoms with van der Waals surface area (Å²) in [7, 11) is 0. The van der Waals surface area contributed by atoms with Gasteiger partial charge in [-0.2, -0.15) is 0 Å². The number of morpholine rings is 1. The van der Waals surface area contributed by atoms with Gasteiger partial charge in [-0.05, 0) is 19.1 Å². The van der Waals surface area contributed by atoms with Gasteiger partial charge in [-0.3, -0.25) is 4.79 Å². The highest BCUT2D eigenvalue weighted by Crippen LogP contribution is 2.24. The van der Waals surface area contributed by atoms with E-state index in [-0.39, 0.29) is 17.9 Å². The van der Waals surface area contributed by atoms with Crippen molar-refractivity contribution >= 4 is 11.6 Å². The van der Waals surface area contributed by atoms with Gasteiger partial charge in [-0.1, -0.05) is 17.3 Å². The van der Waals surface area contributed by atoms with Crippen molar-refractivity contribution in [3.8, 4) is 0 Å². The van der Waals surface area contributed by atoms with Crippen molar-refractivity contribution in [3.63, 3.8) is 0 Å². The molecule has 1 aromatic heterocycles. The summed E-state index contributed by atoms with van der Waals surface area (Å²) < 4.78 is 16.4. The lowest BCUT2D eigenvalue weighted by Gasteiger charge is -2.30. The number of aromatic nitrogens is 1. The minimum Gasteiger partial charge on any atom is -0.379 e. The van der Waals surface area contributed by atoms with Gasteiger partial charge in [0.05, 0.1) is 43.7 Å². The lowest BCUT2D eigenvalue weighted by Crippen LogP contribution is -2.42. The Hall–Kier alpha value is -2.38. The standard InChI is InChI=1S/C20H25N3O4/c1-14-10-16(27-22-14)11-15-12-26-13-18(15)21-20(24)17-4-2-3-5-19(17)23-6-8-25-9-7-23/h2-5,10,15,18H,6-9,11-13H2,1H3,(H,21,24)/t15-,18+/m1/s1. The van der Waals surface area contributed by atoms with Crippen LogP contribution in [0.2, 0.25) is 0 Å². The lowest BCUT2D eigenvalue weighted by atomic mass is 9.97. The van der Waals surface area contributed by atoms with Gasteiger partial charge >= 0.3 is 0 Å². The number of ether oxygens (including phenoxy) is 2. The summed E-state index contributed by atoms with van der Waals surface area (Å²) in [6, 6.07) is 9.64. The first kappa shape index (κ1) is 18.0. The number of carbonyl (C=O) groups excluding carboxylic acids is 1. The Bertz CT molecular complexity index is 785. The van der Waals surface area contributed by atoms with Gasteiger partial charge in [0.15, 0.2) is 0 Å². The second kappa shape index (κ2) is 8.10. The summed E-state index contributed by atoms with van der Waals surface area (Å²) in [5.74, 6) is 0.944. The molecule has 1 N–H and O–H groups in total. The predicted molar refractivity (Wildman–Crippen MR) is 100.0 cm³/mol. The lowest BCUT2D eigenvalue weighted by molar-refractivity contribution is 0.0923. The van der Waals surface area contributed by atoms with Crippen molar-refractivity contribution < 1.29 is 18.8 Å². The topological polar surface area (TPSA) is 76.8 Å². The molecule has 0 radical (unpaired) electrons. The molecule has 1 amide bonds. The van der Waals surface area contributed by atoms with E-state index in [0.717, 1.165) is 30.2 Å². The van der Waals surface area contributed by atoms with Crippen LogP contribution in [0.5, 0.6) is 0 Å². The minimum atomic E-state index is -0.0636. The molecule has 144 valence electrons. The molecule has 2 aliphatic rings. The van der Waals surface area contributed by atoms with Gasteiger partial charge < -0.3 is 24.2 Å². The minimum absolute atomic E-state index is 0.0411. The van der Waals surface area contributed by atoms with E-state index in [2.05, 4.69) is 15.4 Å². The number of nitrogens with zero attached hydrogens (tertiary/aromatic N) is 2. The van der Waals surface area contributed by atoms with E-state index < -0.39 is 0 Å². The van der Waals surface area contributed by atoms with Crippen LogP contribution in [0.1, 0.15) is 21.8 Å². The van der Waals surface area contributed by atoms with Gasteiger partial charge in [-0.25, -0.2) is 0 Å². The van der Waals surface area contributed by atoms with Crippen LogP contribution in [0.4, 0.5) is 5.69 Å². The average Bonchev–Trinajstić information content (AvgIpc) is 3.31. The Morgan fingerprint density at radius 1 is 1.22 bits per heavy atom. The number of hydrogen-bond acceptors (Lipinski definition) is 6. The van der Waals surface area contributed by atoms with E-state index in [1.54, 1.807) is 0 Å². The van der Waals surface area contributed by atoms with Crippen LogP contribution in [0.25, 0.3) is 0 Å². The van der Waals surface area contributed by atoms with Gasteiger partial charge in [0.2, 0.25) is 0 Å². The molecule has 27 heavy (non-hydrogen) atoms. The monoisotopic (exact) mass is 371 g/mol. The molecule has 3 heterocycles. The molecule has 0 saturated carbocycles. The normalized spacial score (nSPS) is 22.8. The number of para-hydroxylation sites is 1. The molecule has 0 aliphatic carbocycles. The van der Waals surface area contributed by atoms with Crippen molar-refractivity contribution in [2.24, 2.45) is 5.92 Å². The molecule has 0 bridgehead atoms. The molecule has 0 unspecified atom stereocenters. The van der Waals surface area contributed by atoms with Crippen LogP contribution in [0, 0.1) is 12.8 Å². The highest BCUT2D eigenvalue weighted by Gasteiger charge is 2.31. The first-order valence-electron chi connectivity index (χ1n) is 9.43. The molecule has 7 nitrogen and oxygen atoms in total. The van der Waals surface area contributed by atoms with Gasteiger partial charge in [-0.15, -0.1) is 0 Å². The number of anilines is 1. The summed E-state index contributed by atoms with van der Waals surface area (Å²) >= 11 is 0. The molecular weight excluding hydrogens is 346 g/mol. The van der Waals surface area contributed by atoms with Crippen molar-refractivity contribution in [1.29, 1.82) is 0 Å². The maximum absolute atomic E-state index is 13.0. The number of rotatable bonds is 5. The fraction of sp³-hybridized carbons (Fsp3) is 0.500. The van der Waals surface area contributed by atoms with Gasteiger partial charge in [0.25, 0.3) is 5.91 Å². The number of benzene rings is 1. The maximum atomic E-state index is 13.0. The number of aryl methyl sites for hydroxylation is 1. The van der Waals surface area contributed by atoms with Crippen molar-refractivity contribution in [2.75, 3.05) is 44.4 Å². The largest absolute Gasteiger partial charge is 0.379 e. The van der Waals surface area contributed by atoms with Crippen LogP contribution < -0.4 is 10.2 Å². The van der Waals surface area contributed by atoms with Crippen molar-refractivity contribution in [2.45, 2.75) is 19.4 Å². The van der Waals surface area contributed by atoms with E-state index >= 15 is 0 Å². The number of nitrogens with one attached hydrogen (secondary N) is 1. The summed E-state index contributed by atoms with van der Waals surface area (Å²) in [4.78, 5) is 15.2. The smallest absolute Gasteiger partial charge is 0.253 e. The van der Waals surface area contributed by atoms with E-state index in [0.29, 0.717) is 38.4 Å². The van der Waals surface area contributed by atoms with E-state index in [4.69, 9.17) is 14.0 Å². The van der Waals surface area contributed by atoms with Gasteiger partial charge in [0, 0.05) is 37.2 Å². The second-order valence-corrected chi connectivity index (χ2v) is 7.13. The first-order valence-corrected chi connectivity index (χ1v) is 9.43.